The van der Waals surface area contributed by atoms with Crippen LogP contribution in [0.1, 0.15) is 11.1 Å². The van der Waals surface area contributed by atoms with Crippen molar-refractivity contribution in [2.75, 3.05) is 31.2 Å². The Morgan fingerprint density at radius 2 is 1.72 bits per heavy atom. The van der Waals surface area contributed by atoms with Gasteiger partial charge in [-0.3, -0.25) is 9.69 Å². The van der Waals surface area contributed by atoms with Crippen LogP contribution in [-0.2, 0) is 14.6 Å². The molecule has 0 saturated heterocycles. The third-order valence-corrected chi connectivity index (χ3v) is 5.85. The fourth-order valence-electron chi connectivity index (χ4n) is 2.42. The monoisotopic (exact) mass is 360 g/mol. The van der Waals surface area contributed by atoms with Crippen LogP contribution < -0.4 is 5.32 Å². The number of sulfone groups is 1. The van der Waals surface area contributed by atoms with Gasteiger partial charge in [-0.05, 0) is 50.2 Å². The van der Waals surface area contributed by atoms with Crippen molar-refractivity contribution in [3.05, 3.63) is 59.7 Å². The smallest absolute Gasteiger partial charge is 0.238 e. The first kappa shape index (κ1) is 19.1. The first-order valence-corrected chi connectivity index (χ1v) is 9.77. The van der Waals surface area contributed by atoms with Crippen LogP contribution in [0, 0.1) is 13.8 Å². The maximum absolute atomic E-state index is 12.3. The van der Waals surface area contributed by atoms with Gasteiger partial charge in [0.05, 0.1) is 17.2 Å². The van der Waals surface area contributed by atoms with Crippen molar-refractivity contribution in [1.29, 1.82) is 0 Å². The van der Waals surface area contributed by atoms with E-state index in [1.54, 1.807) is 42.3 Å². The average molecular weight is 360 g/mol. The van der Waals surface area contributed by atoms with Crippen molar-refractivity contribution < 1.29 is 13.2 Å². The number of carbonyl (C=O) groups is 1. The van der Waals surface area contributed by atoms with E-state index in [0.29, 0.717) is 4.90 Å². The molecule has 0 heterocycles. The molecule has 0 aliphatic heterocycles. The number of nitrogens with one attached hydrogen (secondary N) is 1. The van der Waals surface area contributed by atoms with E-state index in [1.165, 1.54) is 0 Å². The Morgan fingerprint density at radius 3 is 2.40 bits per heavy atom. The molecule has 25 heavy (non-hydrogen) atoms. The molecule has 0 aliphatic rings. The second kappa shape index (κ2) is 8.27. The summed E-state index contributed by atoms with van der Waals surface area (Å²) in [5.41, 5.74) is 2.93. The highest BCUT2D eigenvalue weighted by atomic mass is 32.2. The molecular weight excluding hydrogens is 336 g/mol. The maximum Gasteiger partial charge on any atom is 0.238 e. The summed E-state index contributed by atoms with van der Waals surface area (Å²) in [5.74, 6) is -0.183. The Bertz CT molecular complexity index is 833. The molecule has 0 unspecified atom stereocenters. The summed E-state index contributed by atoms with van der Waals surface area (Å²) < 4.78 is 24.5. The van der Waals surface area contributed by atoms with Gasteiger partial charge >= 0.3 is 0 Å². The minimum atomic E-state index is -3.34. The van der Waals surface area contributed by atoms with Gasteiger partial charge in [-0.25, -0.2) is 8.42 Å². The third-order valence-electron chi connectivity index (χ3n) is 4.14. The topological polar surface area (TPSA) is 66.5 Å². The molecule has 0 saturated carbocycles. The van der Waals surface area contributed by atoms with Crippen LogP contribution in [-0.4, -0.2) is 45.1 Å². The summed E-state index contributed by atoms with van der Waals surface area (Å²) >= 11 is 0. The molecule has 5 nitrogen and oxygen atoms in total. The fourth-order valence-corrected chi connectivity index (χ4v) is 3.78. The standard InChI is InChI=1S/C19H24N2O3S/c1-15-8-7-11-18(16(15)2)20-19(22)14-21(3)12-13-25(23,24)17-9-5-4-6-10-17/h4-11H,12-14H2,1-3H3,(H,20,22). The zero-order chi connectivity index (χ0) is 18.4. The summed E-state index contributed by atoms with van der Waals surface area (Å²) in [6.07, 6.45) is 0. The minimum absolute atomic E-state index is 0.0235. The van der Waals surface area contributed by atoms with Crippen LogP contribution in [0.3, 0.4) is 0 Å². The Balaban J connectivity index is 1.88. The van der Waals surface area contributed by atoms with Gasteiger partial charge < -0.3 is 5.32 Å². The molecule has 134 valence electrons. The van der Waals surface area contributed by atoms with Crippen LogP contribution in [0.2, 0.25) is 0 Å². The molecule has 6 heteroatoms. The first-order chi connectivity index (χ1) is 11.8. The van der Waals surface area contributed by atoms with Crippen LogP contribution >= 0.6 is 0 Å². The predicted molar refractivity (Wildman–Crippen MR) is 101 cm³/mol. The maximum atomic E-state index is 12.3. The van der Waals surface area contributed by atoms with E-state index in [9.17, 15) is 13.2 Å². The number of amides is 1. The minimum Gasteiger partial charge on any atom is -0.325 e. The highest BCUT2D eigenvalue weighted by Gasteiger charge is 2.16. The number of carbonyl (C=O) groups excluding carboxylic acids is 1. The fraction of sp³-hybridized carbons (Fsp3) is 0.316. The van der Waals surface area contributed by atoms with Gasteiger partial charge in [0.15, 0.2) is 9.84 Å². The van der Waals surface area contributed by atoms with Crippen molar-refractivity contribution in [3.63, 3.8) is 0 Å². The summed E-state index contributed by atoms with van der Waals surface area (Å²) in [5, 5.41) is 2.88. The van der Waals surface area contributed by atoms with E-state index < -0.39 is 9.84 Å². The average Bonchev–Trinajstić information content (AvgIpc) is 2.58. The highest BCUT2D eigenvalue weighted by Crippen LogP contribution is 2.17. The number of hydrogen-bond acceptors (Lipinski definition) is 4. The molecule has 1 N–H and O–H groups in total. The van der Waals surface area contributed by atoms with Gasteiger partial charge in [0.1, 0.15) is 0 Å². The van der Waals surface area contributed by atoms with Gasteiger partial charge in [0.2, 0.25) is 5.91 Å². The molecule has 2 rings (SSSR count). The van der Waals surface area contributed by atoms with Gasteiger partial charge in [-0.2, -0.15) is 0 Å². The molecule has 0 fully saturated rings. The summed E-state index contributed by atoms with van der Waals surface area (Å²) in [6.45, 7) is 4.38. The van der Waals surface area contributed by atoms with Crippen LogP contribution in [0.4, 0.5) is 5.69 Å². The lowest BCUT2D eigenvalue weighted by Gasteiger charge is -2.17. The van der Waals surface area contributed by atoms with Gasteiger partial charge in [-0.1, -0.05) is 30.3 Å². The quantitative estimate of drug-likeness (QED) is 0.824. The number of hydrogen-bond donors (Lipinski definition) is 1. The number of benzene rings is 2. The van der Waals surface area contributed by atoms with E-state index in [-0.39, 0.29) is 24.7 Å². The number of likely N-dealkylation sites (N-methyl/N-ethyl adjacent to an activating group) is 1. The zero-order valence-corrected chi connectivity index (χ0v) is 15.6. The first-order valence-electron chi connectivity index (χ1n) is 8.12. The lowest BCUT2D eigenvalue weighted by atomic mass is 10.1. The Morgan fingerprint density at radius 1 is 1.04 bits per heavy atom. The van der Waals surface area contributed by atoms with Crippen molar-refractivity contribution in [1.82, 2.24) is 4.90 Å². The highest BCUT2D eigenvalue weighted by molar-refractivity contribution is 7.91. The molecular formula is C19H24N2O3S. The molecule has 0 spiro atoms. The van der Waals surface area contributed by atoms with Crippen LogP contribution in [0.15, 0.2) is 53.4 Å². The predicted octanol–water partition coefficient (Wildman–Crippen LogP) is 2.65. The molecule has 2 aromatic carbocycles. The number of rotatable bonds is 7. The van der Waals surface area contributed by atoms with Crippen LogP contribution in [0.25, 0.3) is 0 Å². The second-order valence-corrected chi connectivity index (χ2v) is 8.27. The third kappa shape index (κ3) is 5.41. The SMILES string of the molecule is Cc1cccc(NC(=O)CN(C)CCS(=O)(=O)c2ccccc2)c1C. The Kier molecular flexibility index (Phi) is 6.33. The number of nitrogens with zero attached hydrogens (tertiary/aromatic N) is 1. The van der Waals surface area contributed by atoms with Crippen LogP contribution in [0.5, 0.6) is 0 Å². The molecule has 0 atom stereocenters. The Labute approximate surface area is 149 Å². The summed E-state index contributed by atoms with van der Waals surface area (Å²) in [7, 11) is -1.60. The summed E-state index contributed by atoms with van der Waals surface area (Å²) in [6, 6.07) is 14.1. The largest absolute Gasteiger partial charge is 0.325 e. The van der Waals surface area contributed by atoms with E-state index in [4.69, 9.17) is 0 Å². The molecule has 0 aromatic heterocycles. The van der Waals surface area contributed by atoms with Gasteiger partial charge in [0, 0.05) is 12.2 Å². The van der Waals surface area contributed by atoms with Gasteiger partial charge in [-0.15, -0.1) is 0 Å². The lowest BCUT2D eigenvalue weighted by Crippen LogP contribution is -2.33. The van der Waals surface area contributed by atoms with E-state index in [0.717, 1.165) is 16.8 Å². The number of aryl methyl sites for hydroxylation is 1. The van der Waals surface area contributed by atoms with Crippen molar-refractivity contribution in [2.45, 2.75) is 18.7 Å². The van der Waals surface area contributed by atoms with Crippen molar-refractivity contribution in [3.8, 4) is 0 Å². The van der Waals surface area contributed by atoms with Crippen molar-refractivity contribution >= 4 is 21.4 Å². The molecule has 2 aromatic rings. The molecule has 0 aliphatic carbocycles. The second-order valence-electron chi connectivity index (χ2n) is 6.17. The van der Waals surface area contributed by atoms with E-state index in [2.05, 4.69) is 5.32 Å². The van der Waals surface area contributed by atoms with E-state index >= 15 is 0 Å². The zero-order valence-electron chi connectivity index (χ0n) is 14.8. The molecule has 1 amide bonds. The number of anilines is 1. The lowest BCUT2D eigenvalue weighted by molar-refractivity contribution is -0.117. The normalized spacial score (nSPS) is 11.5. The molecule has 0 bridgehead atoms. The van der Waals surface area contributed by atoms with E-state index in [1.807, 2.05) is 32.0 Å². The van der Waals surface area contributed by atoms with Crippen molar-refractivity contribution in [2.24, 2.45) is 0 Å². The summed E-state index contributed by atoms with van der Waals surface area (Å²) in [4.78, 5) is 14.2. The Hall–Kier alpha value is -2.18. The van der Waals surface area contributed by atoms with Gasteiger partial charge in [0.25, 0.3) is 0 Å². The molecule has 0 radical (unpaired) electrons.